The molecule has 1 aromatic rings. The fourth-order valence-corrected chi connectivity index (χ4v) is 2.09. The van der Waals surface area contributed by atoms with E-state index < -0.39 is 13.0 Å². The zero-order chi connectivity index (χ0) is 14.5. The van der Waals surface area contributed by atoms with E-state index in [4.69, 9.17) is 9.84 Å². The summed E-state index contributed by atoms with van der Waals surface area (Å²) in [5.74, 6) is -0.172. The fraction of sp³-hybridized carbons (Fsp3) is 0.538. The Morgan fingerprint density at radius 2 is 2.35 bits per heavy atom. The zero-order valence-electron chi connectivity index (χ0n) is 10.8. The van der Waals surface area contributed by atoms with Gasteiger partial charge in [0, 0.05) is 31.7 Å². The number of amides is 1. The SMILES string of the molecule is O=C(c1cccc(OCC(F)F)n1)N1CCC(CO)C1. The number of hydrogen-bond donors (Lipinski definition) is 1. The number of carbonyl (C=O) groups is 1. The Morgan fingerprint density at radius 3 is 3.00 bits per heavy atom. The number of alkyl halides is 2. The van der Waals surface area contributed by atoms with E-state index in [9.17, 15) is 13.6 Å². The molecule has 20 heavy (non-hydrogen) atoms. The molecule has 2 rings (SSSR count). The van der Waals surface area contributed by atoms with Crippen molar-refractivity contribution in [3.05, 3.63) is 23.9 Å². The van der Waals surface area contributed by atoms with Crippen molar-refractivity contribution in [1.82, 2.24) is 9.88 Å². The Bertz CT molecular complexity index is 471. The molecule has 1 aromatic heterocycles. The number of aromatic nitrogens is 1. The summed E-state index contributed by atoms with van der Waals surface area (Å²) in [5.41, 5.74) is 0.162. The predicted molar refractivity (Wildman–Crippen MR) is 66.8 cm³/mol. The van der Waals surface area contributed by atoms with Crippen LogP contribution in [0, 0.1) is 5.92 Å². The van der Waals surface area contributed by atoms with Crippen LogP contribution in [0.25, 0.3) is 0 Å². The maximum Gasteiger partial charge on any atom is 0.272 e. The number of halogens is 2. The third-order valence-electron chi connectivity index (χ3n) is 3.13. The quantitative estimate of drug-likeness (QED) is 0.883. The monoisotopic (exact) mass is 286 g/mol. The van der Waals surface area contributed by atoms with E-state index in [0.29, 0.717) is 13.1 Å². The van der Waals surface area contributed by atoms with Gasteiger partial charge in [0.15, 0.2) is 6.61 Å². The van der Waals surface area contributed by atoms with Gasteiger partial charge in [-0.2, -0.15) is 0 Å². The number of aliphatic hydroxyl groups is 1. The lowest BCUT2D eigenvalue weighted by Gasteiger charge is -2.16. The first kappa shape index (κ1) is 14.6. The second-order valence-corrected chi connectivity index (χ2v) is 4.65. The highest BCUT2D eigenvalue weighted by atomic mass is 19.3. The molecule has 1 aliphatic heterocycles. The first-order valence-corrected chi connectivity index (χ1v) is 6.38. The van der Waals surface area contributed by atoms with E-state index in [0.717, 1.165) is 6.42 Å². The van der Waals surface area contributed by atoms with E-state index in [1.165, 1.54) is 12.1 Å². The topological polar surface area (TPSA) is 62.7 Å². The smallest absolute Gasteiger partial charge is 0.272 e. The Morgan fingerprint density at radius 1 is 1.55 bits per heavy atom. The Kier molecular flexibility index (Phi) is 4.84. The van der Waals surface area contributed by atoms with E-state index in [1.807, 2.05) is 0 Å². The van der Waals surface area contributed by atoms with Gasteiger partial charge in [0.05, 0.1) is 0 Å². The molecule has 0 bridgehead atoms. The average Bonchev–Trinajstić information content (AvgIpc) is 2.93. The highest BCUT2D eigenvalue weighted by Crippen LogP contribution is 2.18. The molecule has 0 saturated carbocycles. The average molecular weight is 286 g/mol. The molecular weight excluding hydrogens is 270 g/mol. The third-order valence-corrected chi connectivity index (χ3v) is 3.13. The summed E-state index contributed by atoms with van der Waals surface area (Å²) in [5, 5.41) is 9.06. The van der Waals surface area contributed by atoms with Crippen LogP contribution in [0.3, 0.4) is 0 Å². The Hall–Kier alpha value is -1.76. The van der Waals surface area contributed by atoms with Gasteiger partial charge in [-0.15, -0.1) is 0 Å². The molecule has 1 N–H and O–H groups in total. The molecule has 1 aliphatic rings. The first-order valence-electron chi connectivity index (χ1n) is 6.38. The van der Waals surface area contributed by atoms with Crippen LogP contribution in [0.5, 0.6) is 5.88 Å². The van der Waals surface area contributed by atoms with Crippen molar-refractivity contribution >= 4 is 5.91 Å². The summed E-state index contributed by atoms with van der Waals surface area (Å²) < 4.78 is 28.9. The Labute approximate surface area is 115 Å². The van der Waals surface area contributed by atoms with Gasteiger partial charge in [0.2, 0.25) is 5.88 Å². The molecular formula is C13H16F2N2O3. The summed E-state index contributed by atoms with van der Waals surface area (Å²) in [6.45, 7) is 0.350. The van der Waals surface area contributed by atoms with Crippen molar-refractivity contribution in [2.45, 2.75) is 12.8 Å². The molecule has 1 saturated heterocycles. The first-order chi connectivity index (χ1) is 9.60. The molecule has 0 radical (unpaired) electrons. The van der Waals surface area contributed by atoms with Gasteiger partial charge in [-0.3, -0.25) is 4.79 Å². The lowest BCUT2D eigenvalue weighted by molar-refractivity contribution is 0.0758. The highest BCUT2D eigenvalue weighted by molar-refractivity contribution is 5.92. The molecule has 1 atom stereocenters. The number of rotatable bonds is 5. The lowest BCUT2D eigenvalue weighted by Crippen LogP contribution is -2.29. The van der Waals surface area contributed by atoms with Crippen LogP contribution < -0.4 is 4.74 Å². The zero-order valence-corrected chi connectivity index (χ0v) is 10.8. The summed E-state index contributed by atoms with van der Waals surface area (Å²) in [4.78, 5) is 17.7. The second kappa shape index (κ2) is 6.60. The van der Waals surface area contributed by atoms with Crippen molar-refractivity contribution in [1.29, 1.82) is 0 Å². The summed E-state index contributed by atoms with van der Waals surface area (Å²) in [6, 6.07) is 4.49. The standard InChI is InChI=1S/C13H16F2N2O3/c14-11(15)8-20-12-3-1-2-10(16-12)13(19)17-5-4-9(6-17)7-18/h1-3,9,11,18H,4-8H2. The van der Waals surface area contributed by atoms with E-state index in [1.54, 1.807) is 11.0 Å². The summed E-state index contributed by atoms with van der Waals surface area (Å²) in [6.07, 6.45) is -1.83. The third kappa shape index (κ3) is 3.63. The van der Waals surface area contributed by atoms with Crippen LogP contribution >= 0.6 is 0 Å². The van der Waals surface area contributed by atoms with Gasteiger partial charge < -0.3 is 14.7 Å². The van der Waals surface area contributed by atoms with Crippen LogP contribution in [-0.2, 0) is 0 Å². The summed E-state index contributed by atoms with van der Waals surface area (Å²) in [7, 11) is 0. The molecule has 110 valence electrons. The van der Waals surface area contributed by atoms with Gasteiger partial charge in [-0.1, -0.05) is 6.07 Å². The van der Waals surface area contributed by atoms with Gasteiger partial charge in [-0.05, 0) is 12.5 Å². The van der Waals surface area contributed by atoms with Crippen molar-refractivity contribution in [3.63, 3.8) is 0 Å². The molecule has 0 spiro atoms. The molecule has 1 amide bonds. The molecule has 0 aromatic carbocycles. The van der Waals surface area contributed by atoms with Crippen LogP contribution in [-0.4, -0.2) is 53.6 Å². The number of carbonyl (C=O) groups excluding carboxylic acids is 1. The number of likely N-dealkylation sites (tertiary alicyclic amines) is 1. The lowest BCUT2D eigenvalue weighted by atomic mass is 10.1. The van der Waals surface area contributed by atoms with Crippen LogP contribution in [0.4, 0.5) is 8.78 Å². The molecule has 1 unspecified atom stereocenters. The van der Waals surface area contributed by atoms with E-state index in [-0.39, 0.29) is 30.0 Å². The van der Waals surface area contributed by atoms with Gasteiger partial charge in [0.25, 0.3) is 12.3 Å². The predicted octanol–water partition coefficient (Wildman–Crippen LogP) is 1.18. The van der Waals surface area contributed by atoms with Crippen LogP contribution in [0.2, 0.25) is 0 Å². The van der Waals surface area contributed by atoms with Crippen LogP contribution in [0.1, 0.15) is 16.9 Å². The fourth-order valence-electron chi connectivity index (χ4n) is 2.09. The molecule has 1 fully saturated rings. The number of pyridine rings is 1. The number of ether oxygens (including phenoxy) is 1. The maximum absolute atomic E-state index is 12.2. The normalized spacial score (nSPS) is 18.6. The minimum absolute atomic E-state index is 0.00838. The van der Waals surface area contributed by atoms with Gasteiger partial charge >= 0.3 is 0 Å². The number of aliphatic hydroxyl groups excluding tert-OH is 1. The summed E-state index contributed by atoms with van der Waals surface area (Å²) >= 11 is 0. The van der Waals surface area contributed by atoms with Crippen molar-refractivity contribution in [2.75, 3.05) is 26.3 Å². The number of nitrogens with zero attached hydrogens (tertiary/aromatic N) is 2. The van der Waals surface area contributed by atoms with Crippen molar-refractivity contribution in [2.24, 2.45) is 5.92 Å². The molecule has 5 nitrogen and oxygen atoms in total. The van der Waals surface area contributed by atoms with Crippen LogP contribution in [0.15, 0.2) is 18.2 Å². The van der Waals surface area contributed by atoms with Gasteiger partial charge in [-0.25, -0.2) is 13.8 Å². The van der Waals surface area contributed by atoms with E-state index in [2.05, 4.69) is 4.98 Å². The molecule has 7 heteroatoms. The molecule has 0 aliphatic carbocycles. The van der Waals surface area contributed by atoms with E-state index >= 15 is 0 Å². The highest BCUT2D eigenvalue weighted by Gasteiger charge is 2.27. The second-order valence-electron chi connectivity index (χ2n) is 4.65. The van der Waals surface area contributed by atoms with Gasteiger partial charge in [0.1, 0.15) is 5.69 Å². The van der Waals surface area contributed by atoms with Crippen molar-refractivity contribution in [3.8, 4) is 5.88 Å². The minimum atomic E-state index is -2.58. The number of hydrogen-bond acceptors (Lipinski definition) is 4. The largest absolute Gasteiger partial charge is 0.472 e. The minimum Gasteiger partial charge on any atom is -0.472 e. The maximum atomic E-state index is 12.2. The molecule has 2 heterocycles. The Balaban J connectivity index is 2.01. The van der Waals surface area contributed by atoms with Crippen molar-refractivity contribution < 1.29 is 23.4 Å².